The van der Waals surface area contributed by atoms with E-state index in [0.29, 0.717) is 13.0 Å². The van der Waals surface area contributed by atoms with Gasteiger partial charge in [0.05, 0.1) is 12.2 Å². The normalized spacial score (nSPS) is 36.3. The molecule has 1 saturated carbocycles. The van der Waals surface area contributed by atoms with Gasteiger partial charge in [0.1, 0.15) is 6.17 Å². The Bertz CT molecular complexity index is 135. The van der Waals surface area contributed by atoms with Crippen LogP contribution in [0.3, 0.4) is 0 Å². The summed E-state index contributed by atoms with van der Waals surface area (Å²) in [4.78, 5) is 0. The predicted octanol–water partition coefficient (Wildman–Crippen LogP) is 2.45. The number of alkyl halides is 1. The number of hydrogen-bond acceptors (Lipinski definition) is 1. The predicted molar refractivity (Wildman–Crippen MR) is 41.3 cm³/mol. The van der Waals surface area contributed by atoms with E-state index in [0.717, 1.165) is 12.8 Å². The summed E-state index contributed by atoms with van der Waals surface area (Å²) in [5.41, 5.74) is -0.0301. The van der Waals surface area contributed by atoms with Crippen LogP contribution in [-0.4, -0.2) is 18.4 Å². The molecule has 2 rings (SSSR count). The molecular weight excluding hydrogens is 143 g/mol. The Morgan fingerprint density at radius 2 is 1.91 bits per heavy atom. The van der Waals surface area contributed by atoms with Gasteiger partial charge in [-0.25, -0.2) is 4.39 Å². The van der Waals surface area contributed by atoms with Crippen molar-refractivity contribution in [2.24, 2.45) is 0 Å². The zero-order valence-electron chi connectivity index (χ0n) is 6.81. The zero-order valence-corrected chi connectivity index (χ0v) is 6.81. The second-order valence-corrected chi connectivity index (χ2v) is 3.86. The number of rotatable bonds is 0. The Morgan fingerprint density at radius 3 is 2.45 bits per heavy atom. The fourth-order valence-corrected chi connectivity index (χ4v) is 2.33. The average molecular weight is 158 g/mol. The van der Waals surface area contributed by atoms with Gasteiger partial charge in [-0.1, -0.05) is 19.3 Å². The van der Waals surface area contributed by atoms with Crippen molar-refractivity contribution in [2.45, 2.75) is 50.3 Å². The van der Waals surface area contributed by atoms with Gasteiger partial charge in [-0.15, -0.1) is 0 Å². The first-order valence-corrected chi connectivity index (χ1v) is 4.59. The molecule has 0 aromatic heterocycles. The third-order valence-corrected chi connectivity index (χ3v) is 2.93. The van der Waals surface area contributed by atoms with Crippen LogP contribution in [-0.2, 0) is 4.74 Å². The van der Waals surface area contributed by atoms with Gasteiger partial charge in [0.2, 0.25) is 0 Å². The van der Waals surface area contributed by atoms with Crippen LogP contribution in [0.2, 0.25) is 0 Å². The number of ether oxygens (including phenoxy) is 1. The standard InChI is InChI=1S/C9H15FO/c10-8-6-9(11-7-8)4-2-1-3-5-9/h8H,1-7H2. The lowest BCUT2D eigenvalue weighted by Gasteiger charge is -2.31. The second kappa shape index (κ2) is 2.74. The van der Waals surface area contributed by atoms with Crippen molar-refractivity contribution >= 4 is 0 Å². The molecule has 1 heterocycles. The summed E-state index contributed by atoms with van der Waals surface area (Å²) in [6.07, 6.45) is 5.92. The molecule has 1 atom stereocenters. The van der Waals surface area contributed by atoms with Crippen LogP contribution < -0.4 is 0 Å². The molecule has 1 saturated heterocycles. The van der Waals surface area contributed by atoms with E-state index in [2.05, 4.69) is 0 Å². The SMILES string of the molecule is FC1COC2(CCCCC2)C1. The highest BCUT2D eigenvalue weighted by atomic mass is 19.1. The summed E-state index contributed by atoms with van der Waals surface area (Å²) in [7, 11) is 0. The van der Waals surface area contributed by atoms with E-state index in [1.54, 1.807) is 0 Å². The molecule has 0 radical (unpaired) electrons. The maximum atomic E-state index is 12.8. The molecule has 2 aliphatic rings. The average Bonchev–Trinajstić information content (AvgIpc) is 2.34. The van der Waals surface area contributed by atoms with Crippen molar-refractivity contribution in [3.63, 3.8) is 0 Å². The molecule has 1 aliphatic carbocycles. The van der Waals surface area contributed by atoms with Crippen LogP contribution in [0.25, 0.3) is 0 Å². The molecule has 2 heteroatoms. The summed E-state index contributed by atoms with van der Waals surface area (Å²) in [5, 5.41) is 0. The molecule has 1 aliphatic heterocycles. The van der Waals surface area contributed by atoms with Crippen LogP contribution in [0.5, 0.6) is 0 Å². The van der Waals surface area contributed by atoms with Crippen molar-refractivity contribution in [3.8, 4) is 0 Å². The molecule has 11 heavy (non-hydrogen) atoms. The van der Waals surface area contributed by atoms with Crippen LogP contribution in [0.1, 0.15) is 38.5 Å². The van der Waals surface area contributed by atoms with Crippen LogP contribution in [0, 0.1) is 0 Å². The summed E-state index contributed by atoms with van der Waals surface area (Å²) < 4.78 is 18.3. The maximum absolute atomic E-state index is 12.8. The molecule has 0 aromatic carbocycles. The Balaban J connectivity index is 1.98. The molecule has 1 nitrogen and oxygen atoms in total. The molecule has 2 fully saturated rings. The molecule has 1 spiro atoms. The fourth-order valence-electron chi connectivity index (χ4n) is 2.33. The van der Waals surface area contributed by atoms with Crippen molar-refractivity contribution in [3.05, 3.63) is 0 Å². The highest BCUT2D eigenvalue weighted by molar-refractivity contribution is 4.91. The van der Waals surface area contributed by atoms with E-state index in [4.69, 9.17) is 4.74 Å². The Morgan fingerprint density at radius 1 is 1.18 bits per heavy atom. The molecule has 0 N–H and O–H groups in total. The van der Waals surface area contributed by atoms with Crippen molar-refractivity contribution in [1.29, 1.82) is 0 Å². The summed E-state index contributed by atoms with van der Waals surface area (Å²) in [6, 6.07) is 0. The number of hydrogen-bond donors (Lipinski definition) is 0. The first-order chi connectivity index (χ1) is 5.31. The first kappa shape index (κ1) is 7.53. The van der Waals surface area contributed by atoms with Gasteiger partial charge in [-0.3, -0.25) is 0 Å². The highest BCUT2D eigenvalue weighted by Crippen LogP contribution is 2.40. The largest absolute Gasteiger partial charge is 0.372 e. The summed E-state index contributed by atoms with van der Waals surface area (Å²) >= 11 is 0. The Kier molecular flexibility index (Phi) is 1.88. The summed E-state index contributed by atoms with van der Waals surface area (Å²) in [6.45, 7) is 0.347. The summed E-state index contributed by atoms with van der Waals surface area (Å²) in [5.74, 6) is 0. The van der Waals surface area contributed by atoms with Gasteiger partial charge in [0, 0.05) is 6.42 Å². The smallest absolute Gasteiger partial charge is 0.126 e. The van der Waals surface area contributed by atoms with Gasteiger partial charge in [0.15, 0.2) is 0 Å². The Hall–Kier alpha value is -0.110. The zero-order chi connectivity index (χ0) is 7.73. The van der Waals surface area contributed by atoms with E-state index >= 15 is 0 Å². The van der Waals surface area contributed by atoms with E-state index in [1.807, 2.05) is 0 Å². The maximum Gasteiger partial charge on any atom is 0.126 e. The highest BCUT2D eigenvalue weighted by Gasteiger charge is 2.40. The minimum atomic E-state index is -0.687. The van der Waals surface area contributed by atoms with Gasteiger partial charge >= 0.3 is 0 Å². The minimum absolute atomic E-state index is 0.0301. The second-order valence-electron chi connectivity index (χ2n) is 3.86. The van der Waals surface area contributed by atoms with Gasteiger partial charge in [-0.2, -0.15) is 0 Å². The van der Waals surface area contributed by atoms with Gasteiger partial charge in [0.25, 0.3) is 0 Å². The topological polar surface area (TPSA) is 9.23 Å². The van der Waals surface area contributed by atoms with Crippen molar-refractivity contribution in [2.75, 3.05) is 6.61 Å². The van der Waals surface area contributed by atoms with Gasteiger partial charge < -0.3 is 4.74 Å². The lowest BCUT2D eigenvalue weighted by atomic mass is 9.83. The van der Waals surface area contributed by atoms with Crippen molar-refractivity contribution in [1.82, 2.24) is 0 Å². The lowest BCUT2D eigenvalue weighted by Crippen LogP contribution is -2.30. The minimum Gasteiger partial charge on any atom is -0.372 e. The van der Waals surface area contributed by atoms with Crippen LogP contribution in [0.4, 0.5) is 4.39 Å². The molecular formula is C9H15FO. The monoisotopic (exact) mass is 158 g/mol. The molecule has 0 bridgehead atoms. The third kappa shape index (κ3) is 1.41. The van der Waals surface area contributed by atoms with E-state index in [-0.39, 0.29) is 5.60 Å². The molecule has 0 aromatic rings. The fraction of sp³-hybridized carbons (Fsp3) is 1.00. The van der Waals surface area contributed by atoms with Crippen LogP contribution in [0.15, 0.2) is 0 Å². The quantitative estimate of drug-likeness (QED) is 0.526. The lowest BCUT2D eigenvalue weighted by molar-refractivity contribution is -0.0251. The number of halogens is 1. The molecule has 1 unspecified atom stereocenters. The third-order valence-electron chi connectivity index (χ3n) is 2.93. The van der Waals surface area contributed by atoms with Crippen molar-refractivity contribution < 1.29 is 9.13 Å². The first-order valence-electron chi connectivity index (χ1n) is 4.59. The molecule has 0 amide bonds. The van der Waals surface area contributed by atoms with Crippen LogP contribution >= 0.6 is 0 Å². The Labute approximate surface area is 66.9 Å². The molecule has 64 valence electrons. The van der Waals surface area contributed by atoms with E-state index in [1.165, 1.54) is 19.3 Å². The van der Waals surface area contributed by atoms with E-state index < -0.39 is 6.17 Å². The van der Waals surface area contributed by atoms with E-state index in [9.17, 15) is 4.39 Å². The van der Waals surface area contributed by atoms with Gasteiger partial charge in [-0.05, 0) is 12.8 Å².